The van der Waals surface area contributed by atoms with Crippen molar-refractivity contribution in [1.82, 2.24) is 0 Å². The highest BCUT2D eigenvalue weighted by Crippen LogP contribution is 2.43. The van der Waals surface area contributed by atoms with Crippen LogP contribution in [0, 0.1) is 6.92 Å². The first-order chi connectivity index (χ1) is 8.72. The molecule has 0 atom stereocenters. The predicted octanol–water partition coefficient (Wildman–Crippen LogP) is 4.99. The van der Waals surface area contributed by atoms with E-state index >= 15 is 0 Å². The van der Waals surface area contributed by atoms with E-state index in [9.17, 15) is 0 Å². The van der Waals surface area contributed by atoms with E-state index in [1.54, 1.807) is 7.11 Å². The molecular formula is C16H23BrO. The fourth-order valence-corrected chi connectivity index (χ4v) is 4.06. The van der Waals surface area contributed by atoms with Crippen LogP contribution in [-0.2, 0) is 5.41 Å². The second-order valence-corrected chi connectivity index (χ2v) is 6.26. The van der Waals surface area contributed by atoms with Gasteiger partial charge in [0.15, 0.2) is 0 Å². The molecule has 2 heteroatoms. The first-order valence-corrected chi connectivity index (χ1v) is 8.05. The van der Waals surface area contributed by atoms with E-state index in [-0.39, 0.29) is 0 Å². The second kappa shape index (κ2) is 6.10. The van der Waals surface area contributed by atoms with Crippen LogP contribution in [0.3, 0.4) is 0 Å². The summed E-state index contributed by atoms with van der Waals surface area (Å²) in [6.07, 6.45) is 8.07. The zero-order valence-electron chi connectivity index (χ0n) is 11.5. The molecule has 0 radical (unpaired) electrons. The van der Waals surface area contributed by atoms with Gasteiger partial charge in [0.05, 0.1) is 7.11 Å². The fourth-order valence-electron chi connectivity index (χ4n) is 3.30. The molecule has 0 unspecified atom stereocenters. The minimum absolute atomic E-state index is 0.402. The van der Waals surface area contributed by atoms with Crippen LogP contribution in [0.5, 0.6) is 5.75 Å². The number of methoxy groups -OCH3 is 1. The van der Waals surface area contributed by atoms with Crippen molar-refractivity contribution in [2.24, 2.45) is 0 Å². The molecule has 100 valence electrons. The van der Waals surface area contributed by atoms with Crippen LogP contribution in [0.15, 0.2) is 18.2 Å². The Morgan fingerprint density at radius 3 is 2.50 bits per heavy atom. The minimum Gasteiger partial charge on any atom is -0.496 e. The Morgan fingerprint density at radius 1 is 1.22 bits per heavy atom. The molecule has 1 nitrogen and oxygen atoms in total. The maximum atomic E-state index is 5.37. The predicted molar refractivity (Wildman–Crippen MR) is 80.9 cm³/mol. The second-order valence-electron chi connectivity index (χ2n) is 5.46. The number of ether oxygens (including phenoxy) is 1. The summed E-state index contributed by atoms with van der Waals surface area (Å²) in [4.78, 5) is 0. The van der Waals surface area contributed by atoms with Crippen molar-refractivity contribution in [1.29, 1.82) is 0 Å². The summed E-state index contributed by atoms with van der Waals surface area (Å²) in [6, 6.07) is 6.75. The summed E-state index contributed by atoms with van der Waals surface area (Å²) in [7, 11) is 1.75. The molecule has 18 heavy (non-hydrogen) atoms. The van der Waals surface area contributed by atoms with Gasteiger partial charge in [-0.1, -0.05) is 47.3 Å². The molecule has 0 N–H and O–H groups in total. The lowest BCUT2D eigenvalue weighted by atomic mass is 9.67. The average molecular weight is 311 g/mol. The number of halogens is 1. The van der Waals surface area contributed by atoms with E-state index in [0.29, 0.717) is 5.41 Å². The van der Waals surface area contributed by atoms with Gasteiger partial charge in [-0.3, -0.25) is 0 Å². The first-order valence-electron chi connectivity index (χ1n) is 6.93. The van der Waals surface area contributed by atoms with Gasteiger partial charge in [-0.2, -0.15) is 0 Å². The molecule has 1 aromatic rings. The number of alkyl halides is 1. The van der Waals surface area contributed by atoms with Crippen molar-refractivity contribution in [3.05, 3.63) is 29.3 Å². The van der Waals surface area contributed by atoms with Crippen LogP contribution < -0.4 is 4.74 Å². The summed E-state index contributed by atoms with van der Waals surface area (Å²) in [5, 5.41) is 1.10. The quantitative estimate of drug-likeness (QED) is 0.712. The van der Waals surface area contributed by atoms with Crippen LogP contribution in [0.1, 0.15) is 49.7 Å². The molecule has 0 aromatic heterocycles. The minimum atomic E-state index is 0.402. The molecule has 0 amide bonds. The van der Waals surface area contributed by atoms with Crippen molar-refractivity contribution in [3.8, 4) is 5.75 Å². The summed E-state index contributed by atoms with van der Waals surface area (Å²) in [5.74, 6) is 1.00. The Labute approximate surface area is 119 Å². The molecule has 2 rings (SSSR count). The van der Waals surface area contributed by atoms with Crippen molar-refractivity contribution in [2.45, 2.75) is 50.9 Å². The summed E-state index contributed by atoms with van der Waals surface area (Å²) in [5.41, 5.74) is 3.17. The summed E-state index contributed by atoms with van der Waals surface area (Å²) < 4.78 is 5.37. The van der Waals surface area contributed by atoms with Crippen molar-refractivity contribution in [2.75, 3.05) is 12.4 Å². The zero-order chi connectivity index (χ0) is 13.0. The van der Waals surface area contributed by atoms with Gasteiger partial charge >= 0.3 is 0 Å². The maximum Gasteiger partial charge on any atom is 0.121 e. The van der Waals surface area contributed by atoms with Gasteiger partial charge in [-0.15, -0.1) is 0 Å². The first kappa shape index (κ1) is 13.9. The molecule has 1 saturated carbocycles. The lowest BCUT2D eigenvalue weighted by Crippen LogP contribution is -2.29. The van der Waals surface area contributed by atoms with E-state index in [1.165, 1.54) is 49.7 Å². The third kappa shape index (κ3) is 2.74. The van der Waals surface area contributed by atoms with E-state index in [1.807, 2.05) is 0 Å². The number of hydrogen-bond donors (Lipinski definition) is 0. The standard InChI is InChI=1S/C16H23BrO/c1-13-12-14(6-7-15(13)18-2)16(10-11-17)8-4-3-5-9-16/h6-7,12H,3-5,8-11H2,1-2H3. The summed E-state index contributed by atoms with van der Waals surface area (Å²) >= 11 is 3.64. The largest absolute Gasteiger partial charge is 0.496 e. The summed E-state index contributed by atoms with van der Waals surface area (Å²) in [6.45, 7) is 2.15. The molecule has 0 bridgehead atoms. The molecule has 1 fully saturated rings. The van der Waals surface area contributed by atoms with Gasteiger partial charge in [0, 0.05) is 5.33 Å². The Kier molecular flexibility index (Phi) is 4.71. The lowest BCUT2D eigenvalue weighted by molar-refractivity contribution is 0.285. The molecule has 1 aliphatic rings. The smallest absolute Gasteiger partial charge is 0.121 e. The third-order valence-electron chi connectivity index (χ3n) is 4.39. The van der Waals surface area contributed by atoms with Crippen molar-refractivity contribution >= 4 is 15.9 Å². The van der Waals surface area contributed by atoms with E-state index in [0.717, 1.165) is 11.1 Å². The Balaban J connectivity index is 2.33. The Bertz CT molecular complexity index is 389. The highest BCUT2D eigenvalue weighted by molar-refractivity contribution is 9.09. The molecule has 0 saturated heterocycles. The third-order valence-corrected chi connectivity index (χ3v) is 4.79. The highest BCUT2D eigenvalue weighted by Gasteiger charge is 2.33. The number of aryl methyl sites for hydroxylation is 1. The maximum absolute atomic E-state index is 5.37. The average Bonchev–Trinajstić information content (AvgIpc) is 2.40. The SMILES string of the molecule is COc1ccc(C2(CCBr)CCCCC2)cc1C. The van der Waals surface area contributed by atoms with Crippen LogP contribution in [0.4, 0.5) is 0 Å². The lowest BCUT2D eigenvalue weighted by Gasteiger charge is -2.38. The van der Waals surface area contributed by atoms with Crippen molar-refractivity contribution in [3.63, 3.8) is 0 Å². The molecular weight excluding hydrogens is 288 g/mol. The fraction of sp³-hybridized carbons (Fsp3) is 0.625. The highest BCUT2D eigenvalue weighted by atomic mass is 79.9. The van der Waals surface area contributed by atoms with Gasteiger partial charge < -0.3 is 4.74 Å². The zero-order valence-corrected chi connectivity index (χ0v) is 13.1. The van der Waals surface area contributed by atoms with E-state index in [2.05, 4.69) is 41.1 Å². The number of rotatable bonds is 4. The molecule has 0 aliphatic heterocycles. The van der Waals surface area contributed by atoms with E-state index < -0.39 is 0 Å². The van der Waals surface area contributed by atoms with Crippen LogP contribution >= 0.6 is 15.9 Å². The molecule has 0 heterocycles. The van der Waals surface area contributed by atoms with Gasteiger partial charge in [0.2, 0.25) is 0 Å². The molecule has 1 aromatic carbocycles. The van der Waals surface area contributed by atoms with Crippen LogP contribution in [0.2, 0.25) is 0 Å². The normalized spacial score (nSPS) is 18.6. The van der Waals surface area contributed by atoms with Gasteiger partial charge in [0.25, 0.3) is 0 Å². The van der Waals surface area contributed by atoms with E-state index in [4.69, 9.17) is 4.74 Å². The Hall–Kier alpha value is -0.500. The monoisotopic (exact) mass is 310 g/mol. The van der Waals surface area contributed by atoms with Gasteiger partial charge in [-0.05, 0) is 48.8 Å². The van der Waals surface area contributed by atoms with Crippen LogP contribution in [0.25, 0.3) is 0 Å². The molecule has 0 spiro atoms. The van der Waals surface area contributed by atoms with Gasteiger partial charge in [0.1, 0.15) is 5.75 Å². The van der Waals surface area contributed by atoms with Gasteiger partial charge in [-0.25, -0.2) is 0 Å². The Morgan fingerprint density at radius 2 is 1.94 bits per heavy atom. The van der Waals surface area contributed by atoms with Crippen LogP contribution in [-0.4, -0.2) is 12.4 Å². The number of hydrogen-bond acceptors (Lipinski definition) is 1. The van der Waals surface area contributed by atoms with Crippen molar-refractivity contribution < 1.29 is 4.74 Å². The topological polar surface area (TPSA) is 9.23 Å². The number of benzene rings is 1. The molecule has 1 aliphatic carbocycles.